The molecule has 9 atom stereocenters. The van der Waals surface area contributed by atoms with Crippen LogP contribution >= 0.6 is 11.8 Å². The number of amides is 9. The number of aliphatic carboxylic acids is 3. The number of anilines is 2. The van der Waals surface area contributed by atoms with Crippen molar-refractivity contribution in [1.29, 1.82) is 0 Å². The number of allylic oxidation sites excluding steroid dienone is 2. The van der Waals surface area contributed by atoms with E-state index in [1.165, 1.54) is 61.4 Å². The number of carbonyl (C=O) groups is 14. The summed E-state index contributed by atoms with van der Waals surface area (Å²) in [6.45, 7) is 3.31. The Balaban J connectivity index is 0.931. The van der Waals surface area contributed by atoms with Crippen LogP contribution < -0.4 is 60.6 Å². The molecule has 19 N–H and O–H groups in total. The second-order valence-corrected chi connectivity index (χ2v) is 22.8. The first kappa shape index (κ1) is 69.6. The molecule has 1 aromatic carbocycles. The summed E-state index contributed by atoms with van der Waals surface area (Å²) in [5, 5.41) is 43.0. The zero-order valence-electron chi connectivity index (χ0n) is 50.0. The van der Waals surface area contributed by atoms with Crippen LogP contribution in [0.25, 0.3) is 0 Å². The molecule has 9 amide bonds. The number of ether oxygens (including phenoxy) is 3. The summed E-state index contributed by atoms with van der Waals surface area (Å²) in [4.78, 5) is 199. The van der Waals surface area contributed by atoms with Crippen LogP contribution in [-0.2, 0) is 73.5 Å². The molecule has 1 aliphatic carbocycles. The normalized spacial score (nSPS) is 20.6. The number of primary amides is 1. The summed E-state index contributed by atoms with van der Waals surface area (Å²) in [6, 6.07) is -3.07. The third kappa shape index (κ3) is 15.6. The van der Waals surface area contributed by atoms with Crippen molar-refractivity contribution in [1.82, 2.24) is 51.3 Å². The summed E-state index contributed by atoms with van der Waals surface area (Å²) in [5.74, 6) is -16.4. The van der Waals surface area contributed by atoms with Crippen LogP contribution in [0.3, 0.4) is 0 Å². The maximum absolute atomic E-state index is 14.0. The second-order valence-electron chi connectivity index (χ2n) is 21.5. The van der Waals surface area contributed by atoms with E-state index in [1.54, 1.807) is 0 Å². The van der Waals surface area contributed by atoms with Crippen molar-refractivity contribution >= 4 is 112 Å². The van der Waals surface area contributed by atoms with E-state index in [0.717, 1.165) is 0 Å². The van der Waals surface area contributed by atoms with Crippen molar-refractivity contribution in [2.45, 2.75) is 99.2 Å². The van der Waals surface area contributed by atoms with Gasteiger partial charge < -0.3 is 99.9 Å². The maximum atomic E-state index is 14.0. The smallest absolute Gasteiger partial charge is 0.404 e. The number of aromatic nitrogens is 2. The first-order chi connectivity index (χ1) is 43.9. The number of piperazine rings is 1. The number of methoxy groups -OCH3 is 2. The van der Waals surface area contributed by atoms with Crippen LogP contribution in [-0.4, -0.2) is 222 Å². The highest BCUT2D eigenvalue weighted by Gasteiger charge is 2.77. The Morgan fingerprint density at radius 3 is 2.14 bits per heavy atom. The molecular formula is C55H67N17O20S. The Morgan fingerprint density at radius 2 is 1.53 bits per heavy atom. The number of guanidine groups is 1. The molecule has 0 saturated carbocycles. The van der Waals surface area contributed by atoms with Crippen LogP contribution in [0.4, 0.5) is 16.3 Å². The molecule has 93 heavy (non-hydrogen) atoms. The number of carboxylic acid groups (broad SMARTS) is 3. The molecule has 3 saturated heterocycles. The number of carboxylic acids is 3. The van der Waals surface area contributed by atoms with Crippen LogP contribution in [0.15, 0.2) is 70.5 Å². The molecular weight excluding hydrogens is 1250 g/mol. The number of ketones is 2. The van der Waals surface area contributed by atoms with E-state index >= 15 is 0 Å². The Kier molecular flexibility index (Phi) is 22.0. The highest BCUT2D eigenvalue weighted by Crippen LogP contribution is 2.60. The highest BCUT2D eigenvalue weighted by atomic mass is 32.2. The van der Waals surface area contributed by atoms with Crippen LogP contribution in [0.5, 0.6) is 0 Å². The van der Waals surface area contributed by atoms with E-state index in [4.69, 9.17) is 42.9 Å². The van der Waals surface area contributed by atoms with Gasteiger partial charge in [0, 0.05) is 61.2 Å². The average molecular weight is 1320 g/mol. The Hall–Kier alpha value is -10.9. The molecule has 38 heteroatoms. The summed E-state index contributed by atoms with van der Waals surface area (Å²) >= 11 is 0.606. The zero-order chi connectivity index (χ0) is 68.5. The monoisotopic (exact) mass is 1320 g/mol. The van der Waals surface area contributed by atoms with Gasteiger partial charge in [0.05, 0.1) is 60.7 Å². The summed E-state index contributed by atoms with van der Waals surface area (Å²) in [6.07, 6.45) is -2.97. The van der Waals surface area contributed by atoms with E-state index in [1.807, 2.05) is 0 Å². The summed E-state index contributed by atoms with van der Waals surface area (Å²) in [7, 11) is 2.46. The molecule has 5 heterocycles. The minimum atomic E-state index is -2.02. The number of aliphatic imine (C=N–C) groups is 1. The van der Waals surface area contributed by atoms with Gasteiger partial charge in [-0.25, -0.2) is 24.4 Å². The Morgan fingerprint density at radius 1 is 0.860 bits per heavy atom. The molecule has 3 fully saturated rings. The molecule has 0 radical (unpaired) electrons. The van der Waals surface area contributed by atoms with E-state index in [0.29, 0.717) is 28.0 Å². The van der Waals surface area contributed by atoms with E-state index < -0.39 is 181 Å². The predicted octanol–water partition coefficient (Wildman–Crippen LogP) is -4.99. The van der Waals surface area contributed by atoms with Crippen LogP contribution in [0.2, 0.25) is 0 Å². The number of rotatable bonds is 32. The first-order valence-electron chi connectivity index (χ1n) is 28.2. The van der Waals surface area contributed by atoms with Crippen molar-refractivity contribution in [3.63, 3.8) is 0 Å². The topological polar surface area (TPSA) is 577 Å². The molecule has 7 rings (SSSR count). The lowest BCUT2D eigenvalue weighted by Crippen LogP contribution is -2.56. The van der Waals surface area contributed by atoms with Gasteiger partial charge in [-0.05, 0) is 50.5 Å². The minimum Gasteiger partial charge on any atom is -0.492 e. The van der Waals surface area contributed by atoms with E-state index in [-0.39, 0.29) is 83.9 Å². The van der Waals surface area contributed by atoms with Gasteiger partial charge in [-0.3, -0.25) is 62.6 Å². The number of nitrogens with two attached hydrogens (primary N) is 5. The SMILES string of the molecule is C=C(N)NC(=O)c1nc(CNc2ccc(C(=O)NC(CCC(=O)NC(CCCN=C(N)N)C(=O)N[C@H](CC(=O)O)C(=O)NC(CSC3CC(=O)N(CC(=O)N4C5[C@H]4CN4C6=C(C(=O)C(OC)=C(C)C6=O)C(COC(N)=O)[C@]54OC)C3=O)C(=O)O)C(=O)O)cc2)cnc1N. The van der Waals surface area contributed by atoms with Gasteiger partial charge in [0.25, 0.3) is 11.8 Å². The maximum Gasteiger partial charge on any atom is 0.404 e. The molecule has 4 aliphatic heterocycles. The highest BCUT2D eigenvalue weighted by molar-refractivity contribution is 8.00. The average Bonchev–Trinajstić information content (AvgIpc) is 1.49. The van der Waals surface area contributed by atoms with Gasteiger partial charge >= 0.3 is 24.0 Å². The van der Waals surface area contributed by atoms with Gasteiger partial charge in [0.2, 0.25) is 47.0 Å². The molecule has 6 unspecified atom stereocenters. The van der Waals surface area contributed by atoms with Crippen molar-refractivity contribution in [3.05, 3.63) is 82.4 Å². The number of Topliss-reactive ketones (excluding diaryl/α,β-unsaturated/α-hetero) is 2. The molecule has 0 spiro atoms. The first-order valence-corrected chi connectivity index (χ1v) is 29.2. The van der Waals surface area contributed by atoms with E-state index in [9.17, 15) is 82.4 Å². The van der Waals surface area contributed by atoms with Crippen LogP contribution in [0, 0.1) is 5.92 Å². The van der Waals surface area contributed by atoms with Gasteiger partial charge in [0.15, 0.2) is 29.0 Å². The van der Waals surface area contributed by atoms with Gasteiger partial charge in [-0.1, -0.05) is 6.58 Å². The third-order valence-electron chi connectivity index (χ3n) is 15.5. The number of likely N-dealkylation sites (tertiary alicyclic amines) is 1. The number of benzene rings is 1. The van der Waals surface area contributed by atoms with Crippen molar-refractivity contribution < 1.29 is 96.7 Å². The largest absolute Gasteiger partial charge is 0.492 e. The van der Waals surface area contributed by atoms with Gasteiger partial charge in [0.1, 0.15) is 43.4 Å². The number of fused-ring (bicyclic) bond motifs is 4. The zero-order valence-corrected chi connectivity index (χ0v) is 50.8. The quantitative estimate of drug-likeness (QED) is 0.00815. The number of nitrogens with one attached hydrogen (secondary N) is 6. The number of nitrogen functional groups attached to an aromatic ring is 1. The number of carbonyl (C=O) groups excluding carboxylic acids is 11. The predicted molar refractivity (Wildman–Crippen MR) is 319 cm³/mol. The fourth-order valence-corrected chi connectivity index (χ4v) is 12.3. The number of hydrogen-bond acceptors (Lipinski definition) is 25. The second kappa shape index (κ2) is 29.4. The van der Waals surface area contributed by atoms with E-state index in [2.05, 4.69) is 53.4 Å². The Labute approximate surface area is 531 Å². The fourth-order valence-electron chi connectivity index (χ4n) is 11.1. The number of hydrogen-bond donors (Lipinski definition) is 14. The van der Waals surface area contributed by atoms with Crippen LogP contribution in [0.1, 0.15) is 72.0 Å². The molecule has 5 aliphatic rings. The fraction of sp³-hybridized carbons (Fsp3) is 0.436. The lowest BCUT2D eigenvalue weighted by Gasteiger charge is -2.41. The molecule has 2 aromatic rings. The number of thioether (sulfide) groups is 1. The van der Waals surface area contributed by atoms with Gasteiger partial charge in [-0.15, -0.1) is 11.8 Å². The summed E-state index contributed by atoms with van der Waals surface area (Å²) in [5.41, 5.74) is 26.1. The van der Waals surface area contributed by atoms with Gasteiger partial charge in [-0.2, -0.15) is 0 Å². The summed E-state index contributed by atoms with van der Waals surface area (Å²) < 4.78 is 16.4. The number of nitrogens with zero attached hydrogens (tertiary/aromatic N) is 6. The number of imide groups is 1. The molecule has 498 valence electrons. The molecule has 1 aromatic heterocycles. The lowest BCUT2D eigenvalue weighted by molar-refractivity contribution is -0.156. The third-order valence-corrected chi connectivity index (χ3v) is 16.8. The minimum absolute atomic E-state index is 0.00222. The van der Waals surface area contributed by atoms with Crippen molar-refractivity contribution in [3.8, 4) is 0 Å². The Bertz CT molecular complexity index is 3560. The molecule has 0 bridgehead atoms. The standard InChI is InChI=1S/C55H67N17O20S/c1-22-41(78)40-38(42(79)43(22)90-3)27(20-92-54(60)89)55(91-4)44-32(18-71(40)55)72(44)36(75)19-70-35(74)15-33(50(70)84)93-21-31(52(87)88)69-48(82)30(14-37(76)77)68-47(81)28(6-5-13-61-53(58)59)66-34(73)12-11-29(51(85)86)67-46(80)24-7-9-25(10-8-24)62-16-26-17-63-45(57)39(65-26)49(83)64-23(2)56/h7-10,17,27-33,44,62H,2,5-6,11-16,18-21,56H2,1,3-4H3,(H2,57,63)(H2,60,89)(H,64,83)(H,66,73)(H,67,80)(H,68,81)(H,69,82)(H,76,77)(H,85,86)(H,87,88)(H4,58,59,61)/t27?,28?,29?,30-,31?,32-,33?,44?,55+,72?/m1/s1. The van der Waals surface area contributed by atoms with Crippen molar-refractivity contribution in [2.24, 2.45) is 33.8 Å². The lowest BCUT2D eigenvalue weighted by atomic mass is 9.83. The van der Waals surface area contributed by atoms with Crippen molar-refractivity contribution in [2.75, 3.05) is 57.3 Å². The molecule has 37 nitrogen and oxygen atoms in total.